The summed E-state index contributed by atoms with van der Waals surface area (Å²) in [5.41, 5.74) is 1.17. The van der Waals surface area contributed by atoms with Gasteiger partial charge in [0.15, 0.2) is 0 Å². The molecular weight excluding hydrogens is 1670 g/mol. The van der Waals surface area contributed by atoms with Crippen LogP contribution in [0, 0.1) is 11.8 Å². The first-order chi connectivity index (χ1) is 47.2. The average molecular weight is 1760 g/mol. The second-order valence-corrected chi connectivity index (χ2v) is 31.5. The van der Waals surface area contributed by atoms with Crippen LogP contribution in [0.5, 0.6) is 11.5 Å². The van der Waals surface area contributed by atoms with Gasteiger partial charge in [-0.25, -0.2) is 36.4 Å². The van der Waals surface area contributed by atoms with Crippen molar-refractivity contribution < 1.29 is 64.5 Å². The van der Waals surface area contributed by atoms with Gasteiger partial charge in [-0.15, -0.1) is 24.0 Å². The third-order valence-corrected chi connectivity index (χ3v) is 20.3. The number of esters is 2. The van der Waals surface area contributed by atoms with Crippen LogP contribution in [-0.2, 0) is 53.1 Å². The Kier molecular flexibility index (Phi) is 30.9. The molecule has 0 bridgehead atoms. The van der Waals surface area contributed by atoms with Gasteiger partial charge in [-0.3, -0.25) is 19.3 Å². The number of anilines is 2. The zero-order chi connectivity index (χ0) is 71.6. The van der Waals surface area contributed by atoms with Gasteiger partial charge in [-0.05, 0) is 154 Å². The molecule has 100 heavy (non-hydrogen) atoms. The summed E-state index contributed by atoms with van der Waals surface area (Å²) in [5, 5.41) is 11.7. The predicted octanol–water partition coefficient (Wildman–Crippen LogP) is 10.7. The number of nitrogens with one attached hydrogen (secondary N) is 3. The number of nitrogens with zero attached hydrogens (tertiary/aromatic N) is 9. The molecule has 31 heteroatoms. The van der Waals surface area contributed by atoms with Gasteiger partial charge in [0.2, 0.25) is 23.7 Å². The largest absolute Gasteiger partial charge is 0.493 e. The monoisotopic (exact) mass is 1760 g/mol. The van der Waals surface area contributed by atoms with E-state index in [0.717, 1.165) is 79.0 Å². The summed E-state index contributed by atoms with van der Waals surface area (Å²) >= 11 is 4.24. The Hall–Kier alpha value is -5.92. The zero-order valence-corrected chi connectivity index (χ0v) is 66.8. The summed E-state index contributed by atoms with van der Waals surface area (Å²) < 4.78 is 78.2. The Labute approximate surface area is 627 Å². The standard InChI is InChI=1S/C37H52N6O8S.C32H44N6O6S.I2.HI/c1-25(41(5)36(46)51-37(2,3)4)34(45)50-28-16-20-42(21-17-28)33(44)26-11-13-27(14-12-26)39-35-38-19-15-32(40-35)43-22-18-29-30(43)9-7-10-31(29)49-23-8-24-52(6,47)48;1-22(33-2)31(40)44-25-13-17-37(18-14-25)30(39)23-8-10-24(11-9-23)35-32-34-16-12-29(36-32)38-19-15-26-27(38)6-4-7-28(26)43-20-5-21-45(3,41)42;1-2;/h7,9-10,15,18-19,22,25-28H,8,11-14,16-17,20-21,23-24H2,1-6H3,(H,38,39,40);4,6-7,12,15-16,19,22-25,33H,5,8-11,13-14,17-18,20-21H2,1-3H3,(H,34,35,36);;1H/t25-,26?,27?;22-,23?,24?;;/m00../s1. The average Bonchev–Trinajstić information content (AvgIpc) is 1.63. The van der Waals surface area contributed by atoms with E-state index in [1.165, 1.54) is 24.5 Å². The quantitative estimate of drug-likeness (QED) is 0.0219. The highest BCUT2D eigenvalue weighted by Crippen LogP contribution is 2.34. The van der Waals surface area contributed by atoms with Crippen molar-refractivity contribution in [2.24, 2.45) is 11.8 Å². The second kappa shape index (κ2) is 38.0. The molecule has 2 saturated carbocycles. The van der Waals surface area contributed by atoms with Crippen molar-refractivity contribution in [1.29, 1.82) is 0 Å². The number of aromatic nitrogens is 6. The zero-order valence-electron chi connectivity index (χ0n) is 58.5. The summed E-state index contributed by atoms with van der Waals surface area (Å²) in [7, 11) is -2.81. The van der Waals surface area contributed by atoms with E-state index in [4.69, 9.17) is 33.7 Å². The Morgan fingerprint density at radius 3 is 1.38 bits per heavy atom. The molecule has 6 aromatic rings. The van der Waals surface area contributed by atoms with E-state index in [-0.39, 0.29) is 95.4 Å². The van der Waals surface area contributed by atoms with E-state index < -0.39 is 43.4 Å². The maximum absolute atomic E-state index is 13.4. The first-order valence-corrected chi connectivity index (χ1v) is 44.4. The number of carbonyl (C=O) groups excluding carboxylic acids is 5. The molecule has 2 aliphatic heterocycles. The first kappa shape index (κ1) is 81.4. The van der Waals surface area contributed by atoms with Crippen molar-refractivity contribution in [2.75, 3.05) is 88.1 Å². The van der Waals surface area contributed by atoms with E-state index in [9.17, 15) is 40.8 Å². The molecule has 550 valence electrons. The molecule has 3 amide bonds. The highest BCUT2D eigenvalue weighted by atomic mass is 128. The highest BCUT2D eigenvalue weighted by molar-refractivity contribution is 15.0. The molecule has 2 atom stereocenters. The van der Waals surface area contributed by atoms with E-state index in [1.807, 2.05) is 92.0 Å². The Bertz CT molecular complexity index is 3920. The van der Waals surface area contributed by atoms with Crippen molar-refractivity contribution >= 4 is 144 Å². The molecule has 2 saturated heterocycles. The van der Waals surface area contributed by atoms with Crippen molar-refractivity contribution in [3.8, 4) is 23.1 Å². The van der Waals surface area contributed by atoms with Gasteiger partial charge in [0.25, 0.3) is 0 Å². The number of piperidine rings is 2. The van der Waals surface area contributed by atoms with Crippen LogP contribution in [-0.4, -0.2) is 210 Å². The van der Waals surface area contributed by atoms with Gasteiger partial charge in [-0.1, -0.05) is 12.1 Å². The molecule has 4 aliphatic rings. The maximum Gasteiger partial charge on any atom is 0.410 e. The minimum Gasteiger partial charge on any atom is -0.493 e. The summed E-state index contributed by atoms with van der Waals surface area (Å²) in [4.78, 5) is 87.4. The number of ether oxygens (including phenoxy) is 5. The molecule has 10 rings (SSSR count). The number of fused-ring (bicyclic) bond motifs is 2. The maximum atomic E-state index is 13.4. The third-order valence-electron chi connectivity index (χ3n) is 18.3. The number of likely N-dealkylation sites (tertiary alicyclic amines) is 2. The number of amides is 3. The lowest BCUT2D eigenvalue weighted by Crippen LogP contribution is -2.47. The Balaban J connectivity index is 0.000000274. The molecule has 26 nitrogen and oxygen atoms in total. The SMILES string of the molecule is CN[C@@H](C)C(=O)OC1CCN(C(=O)C2CCC(Nc3nccc(-n4ccc5c(OCCCS(C)(=O)=O)cccc54)n3)CC2)CC1.C[C@@H](C(=O)OC1CCN(C(=O)C2CCC(Nc3nccc(-n4ccc5c(OCCCS(C)(=O)=O)cccc54)n3)CC2)CC1)N(C)C(=O)OC(C)(C)C.I.II. The van der Waals surface area contributed by atoms with Gasteiger partial charge in [0.1, 0.15) is 72.7 Å². The van der Waals surface area contributed by atoms with Crippen molar-refractivity contribution in [3.63, 3.8) is 0 Å². The van der Waals surface area contributed by atoms with E-state index >= 15 is 0 Å². The van der Waals surface area contributed by atoms with Crippen LogP contribution >= 0.6 is 61.2 Å². The number of halogens is 3. The first-order valence-electron chi connectivity index (χ1n) is 34.0. The molecule has 0 unspecified atom stereocenters. The lowest BCUT2D eigenvalue weighted by Gasteiger charge is -2.36. The molecule has 4 fully saturated rings. The molecule has 6 heterocycles. The molecule has 2 aliphatic carbocycles. The number of hydrogen-bond acceptors (Lipinski definition) is 21. The summed E-state index contributed by atoms with van der Waals surface area (Å²) in [6.45, 7) is 11.6. The van der Waals surface area contributed by atoms with Crippen LogP contribution in [0.25, 0.3) is 33.4 Å². The van der Waals surface area contributed by atoms with Crippen molar-refractivity contribution in [2.45, 2.75) is 166 Å². The highest BCUT2D eigenvalue weighted by Gasteiger charge is 2.36. The summed E-state index contributed by atoms with van der Waals surface area (Å²) in [5.74, 6) is 3.61. The number of likely N-dealkylation sites (N-methyl/N-ethyl adjacent to an activating group) is 2. The fourth-order valence-electron chi connectivity index (χ4n) is 12.6. The van der Waals surface area contributed by atoms with Gasteiger partial charge in [-0.2, -0.15) is 9.97 Å². The molecular formula is C69H97I3N12O14S2. The minimum absolute atomic E-state index is 0. The van der Waals surface area contributed by atoms with Crippen LogP contribution in [0.4, 0.5) is 16.7 Å². The topological polar surface area (TPSA) is 307 Å². The second-order valence-electron chi connectivity index (χ2n) is 27.0. The van der Waals surface area contributed by atoms with E-state index in [0.29, 0.717) is 107 Å². The molecule has 4 aromatic heterocycles. The van der Waals surface area contributed by atoms with Crippen LogP contribution in [0.2, 0.25) is 0 Å². The predicted molar refractivity (Wildman–Crippen MR) is 413 cm³/mol. The van der Waals surface area contributed by atoms with Crippen LogP contribution < -0.4 is 25.4 Å². The molecule has 3 N–H and O–H groups in total. The van der Waals surface area contributed by atoms with Crippen LogP contribution in [0.3, 0.4) is 0 Å². The Morgan fingerprint density at radius 1 is 0.600 bits per heavy atom. The van der Waals surface area contributed by atoms with Crippen LogP contribution in [0.1, 0.15) is 125 Å². The third kappa shape index (κ3) is 23.8. The van der Waals surface area contributed by atoms with Gasteiger partial charge >= 0.3 is 18.0 Å². The van der Waals surface area contributed by atoms with Gasteiger partial charge in [0.05, 0.1) is 35.8 Å². The fourth-order valence-corrected chi connectivity index (χ4v) is 13.9. The van der Waals surface area contributed by atoms with E-state index in [2.05, 4.69) is 63.2 Å². The Morgan fingerprint density at radius 2 is 1.00 bits per heavy atom. The number of rotatable bonds is 24. The minimum atomic E-state index is -3.04. The lowest BCUT2D eigenvalue weighted by atomic mass is 9.85. The smallest absolute Gasteiger partial charge is 0.410 e. The van der Waals surface area contributed by atoms with Crippen molar-refractivity contribution in [3.05, 3.63) is 85.5 Å². The van der Waals surface area contributed by atoms with Gasteiger partial charge in [0, 0.05) is 168 Å². The number of benzene rings is 2. The number of hydrogen-bond donors (Lipinski definition) is 3. The number of carbonyl (C=O) groups is 5. The summed E-state index contributed by atoms with van der Waals surface area (Å²) in [6, 6.07) is 18.3. The fraction of sp³-hybridized carbons (Fsp3) is 0.580. The van der Waals surface area contributed by atoms with Gasteiger partial charge < -0.3 is 58.6 Å². The molecule has 2 aromatic carbocycles. The van der Waals surface area contributed by atoms with E-state index in [1.54, 1.807) is 54.1 Å². The summed E-state index contributed by atoms with van der Waals surface area (Å²) in [6.07, 6.45) is 18.5. The molecule has 0 radical (unpaired) electrons. The van der Waals surface area contributed by atoms with Crippen LogP contribution in [0.15, 0.2) is 85.5 Å². The molecule has 0 spiro atoms. The normalized spacial score (nSPS) is 19.1. The van der Waals surface area contributed by atoms with Crippen molar-refractivity contribution in [1.82, 2.24) is 49.1 Å². The number of sulfone groups is 2. The lowest BCUT2D eigenvalue weighted by molar-refractivity contribution is -0.158.